The topological polar surface area (TPSA) is 75.3 Å². The van der Waals surface area contributed by atoms with Crippen LogP contribution in [0.1, 0.15) is 70.3 Å². The van der Waals surface area contributed by atoms with Crippen LogP contribution in [0, 0.1) is 0 Å². The number of nitrogens with two attached hydrogens (primary N) is 1. The molecule has 0 atom stereocenters. The van der Waals surface area contributed by atoms with Gasteiger partial charge in [-0.3, -0.25) is 9.69 Å². The Labute approximate surface area is 169 Å². The summed E-state index contributed by atoms with van der Waals surface area (Å²) in [5.74, 6) is 2.46. The average Bonchev–Trinajstić information content (AvgIpc) is 2.52. The largest absolute Gasteiger partial charge is 0.370 e. The summed E-state index contributed by atoms with van der Waals surface area (Å²) < 4.78 is 0. The molecule has 7 heteroatoms. The highest BCUT2D eigenvalue weighted by Crippen LogP contribution is 2.37. The number of amides is 1. The van der Waals surface area contributed by atoms with Crippen molar-refractivity contribution in [1.29, 1.82) is 0 Å². The molecule has 1 saturated carbocycles. The normalized spacial score (nSPS) is 18.7. The molecule has 27 heavy (non-hydrogen) atoms. The molecule has 1 aliphatic heterocycles. The second-order valence-corrected chi connectivity index (χ2v) is 8.75. The Morgan fingerprint density at radius 3 is 2.37 bits per heavy atom. The van der Waals surface area contributed by atoms with Crippen LogP contribution >= 0.6 is 12.4 Å². The zero-order valence-corrected chi connectivity index (χ0v) is 17.7. The molecule has 0 radical (unpaired) electrons. The van der Waals surface area contributed by atoms with Crippen molar-refractivity contribution >= 4 is 24.1 Å². The van der Waals surface area contributed by atoms with Gasteiger partial charge in [0.05, 0.1) is 0 Å². The molecule has 6 nitrogen and oxygen atoms in total. The molecule has 0 aromatic carbocycles. The summed E-state index contributed by atoms with van der Waals surface area (Å²) >= 11 is 0. The fourth-order valence-electron chi connectivity index (χ4n) is 3.54. The first kappa shape index (κ1) is 21.9. The van der Waals surface area contributed by atoms with Gasteiger partial charge in [-0.05, 0) is 25.8 Å². The molecule has 3 rings (SSSR count). The van der Waals surface area contributed by atoms with Crippen molar-refractivity contribution in [3.8, 4) is 0 Å². The molecular weight excluding hydrogens is 362 g/mol. The molecule has 2 N–H and O–H groups in total. The van der Waals surface area contributed by atoms with Gasteiger partial charge in [-0.2, -0.15) is 0 Å². The Bertz CT molecular complexity index is 634. The molecular formula is C20H34ClN5O. The van der Waals surface area contributed by atoms with Crippen LogP contribution in [0.3, 0.4) is 0 Å². The molecule has 2 aliphatic rings. The molecule has 152 valence electrons. The van der Waals surface area contributed by atoms with Crippen LogP contribution in [0.15, 0.2) is 6.07 Å². The Morgan fingerprint density at radius 2 is 1.85 bits per heavy atom. The van der Waals surface area contributed by atoms with Crippen molar-refractivity contribution in [3.05, 3.63) is 17.6 Å². The average molecular weight is 396 g/mol. The van der Waals surface area contributed by atoms with Crippen LogP contribution in [0.5, 0.6) is 0 Å². The first-order valence-corrected chi connectivity index (χ1v) is 9.98. The Kier molecular flexibility index (Phi) is 7.46. The number of rotatable bonds is 6. The van der Waals surface area contributed by atoms with E-state index in [1.807, 2.05) is 0 Å². The Morgan fingerprint density at radius 1 is 1.19 bits per heavy atom. The van der Waals surface area contributed by atoms with E-state index in [-0.39, 0.29) is 23.7 Å². The molecule has 0 bridgehead atoms. The summed E-state index contributed by atoms with van der Waals surface area (Å²) in [5.41, 5.74) is 6.43. The lowest BCUT2D eigenvalue weighted by Gasteiger charge is -2.36. The van der Waals surface area contributed by atoms with Gasteiger partial charge in [0, 0.05) is 55.7 Å². The number of aromatic nitrogens is 2. The van der Waals surface area contributed by atoms with Crippen LogP contribution in [0.4, 0.5) is 5.82 Å². The molecule has 1 saturated heterocycles. The maximum Gasteiger partial charge on any atom is 0.217 e. The van der Waals surface area contributed by atoms with E-state index in [4.69, 9.17) is 15.7 Å². The summed E-state index contributed by atoms with van der Waals surface area (Å²) in [6.07, 6.45) is 5.16. The minimum Gasteiger partial charge on any atom is -0.370 e. The van der Waals surface area contributed by atoms with Crippen LogP contribution in [-0.2, 0) is 10.2 Å². The van der Waals surface area contributed by atoms with Gasteiger partial charge in [-0.1, -0.05) is 27.2 Å². The number of nitrogens with zero attached hydrogens (tertiary/aromatic N) is 4. The molecule has 1 aromatic rings. The van der Waals surface area contributed by atoms with Gasteiger partial charge in [-0.25, -0.2) is 9.97 Å². The number of carbonyl (C=O) groups excluding carboxylic acids is 1. The van der Waals surface area contributed by atoms with Crippen LogP contribution in [0.2, 0.25) is 0 Å². The maximum absolute atomic E-state index is 10.9. The lowest BCUT2D eigenvalue weighted by Crippen LogP contribution is -2.47. The predicted molar refractivity (Wildman–Crippen MR) is 112 cm³/mol. The Hall–Kier alpha value is -1.40. The van der Waals surface area contributed by atoms with Crippen molar-refractivity contribution in [2.45, 2.75) is 64.2 Å². The molecule has 1 aromatic heterocycles. The molecule has 1 amide bonds. The summed E-state index contributed by atoms with van der Waals surface area (Å²) in [6.45, 7) is 11.5. The minimum absolute atomic E-state index is 0. The van der Waals surface area contributed by atoms with E-state index in [1.54, 1.807) is 0 Å². The maximum atomic E-state index is 10.9. The second kappa shape index (κ2) is 9.20. The molecule has 0 unspecified atom stereocenters. The monoisotopic (exact) mass is 395 g/mol. The highest BCUT2D eigenvalue weighted by atomic mass is 35.5. The van der Waals surface area contributed by atoms with E-state index in [1.165, 1.54) is 25.0 Å². The van der Waals surface area contributed by atoms with E-state index in [2.05, 4.69) is 36.6 Å². The fourth-order valence-corrected chi connectivity index (χ4v) is 3.54. The Balaban J connectivity index is 0.00000261. The highest BCUT2D eigenvalue weighted by molar-refractivity contribution is 5.85. The van der Waals surface area contributed by atoms with Crippen molar-refractivity contribution in [3.63, 3.8) is 0 Å². The van der Waals surface area contributed by atoms with Crippen molar-refractivity contribution in [2.75, 3.05) is 37.6 Å². The van der Waals surface area contributed by atoms with Gasteiger partial charge < -0.3 is 10.6 Å². The number of hydrogen-bond acceptors (Lipinski definition) is 5. The summed E-state index contributed by atoms with van der Waals surface area (Å²) in [5, 5.41) is 0. The number of piperazine rings is 1. The van der Waals surface area contributed by atoms with E-state index in [0.717, 1.165) is 50.8 Å². The van der Waals surface area contributed by atoms with Crippen LogP contribution < -0.4 is 10.6 Å². The lowest BCUT2D eigenvalue weighted by atomic mass is 9.82. The third-order valence-electron chi connectivity index (χ3n) is 5.52. The van der Waals surface area contributed by atoms with E-state index in [9.17, 15) is 4.79 Å². The SMILES string of the molecule is CC(C)(C)c1nc(C2CCC2)cc(N2CCN(CCCC(N)=O)CC2)n1.Cl. The standard InChI is InChI=1S/C20H33N5O.ClH/c1-20(2,3)19-22-16(15-6-4-7-15)14-18(23-19)25-12-10-24(11-13-25)9-5-8-17(21)26;/h14-15H,4-13H2,1-3H3,(H2,21,26);1H. The zero-order chi connectivity index (χ0) is 18.7. The van der Waals surface area contributed by atoms with Crippen molar-refractivity contribution in [1.82, 2.24) is 14.9 Å². The van der Waals surface area contributed by atoms with E-state index in [0.29, 0.717) is 12.3 Å². The molecule has 2 fully saturated rings. The number of primary amides is 1. The first-order valence-electron chi connectivity index (χ1n) is 9.98. The van der Waals surface area contributed by atoms with Crippen LogP contribution in [0.25, 0.3) is 0 Å². The van der Waals surface area contributed by atoms with Crippen molar-refractivity contribution < 1.29 is 4.79 Å². The van der Waals surface area contributed by atoms with E-state index >= 15 is 0 Å². The third-order valence-corrected chi connectivity index (χ3v) is 5.52. The van der Waals surface area contributed by atoms with Gasteiger partial charge in [0.2, 0.25) is 5.91 Å². The lowest BCUT2D eigenvalue weighted by molar-refractivity contribution is -0.118. The summed E-state index contributed by atoms with van der Waals surface area (Å²) in [7, 11) is 0. The van der Waals surface area contributed by atoms with Gasteiger partial charge in [0.25, 0.3) is 0 Å². The quantitative estimate of drug-likeness (QED) is 0.801. The summed E-state index contributed by atoms with van der Waals surface area (Å²) in [4.78, 5) is 25.5. The molecule has 1 aliphatic carbocycles. The first-order chi connectivity index (χ1) is 12.3. The number of carbonyl (C=O) groups is 1. The van der Waals surface area contributed by atoms with Gasteiger partial charge in [0.1, 0.15) is 11.6 Å². The third kappa shape index (κ3) is 5.79. The number of hydrogen-bond donors (Lipinski definition) is 1. The number of anilines is 1. The minimum atomic E-state index is -0.206. The second-order valence-electron chi connectivity index (χ2n) is 8.75. The van der Waals surface area contributed by atoms with Crippen molar-refractivity contribution in [2.24, 2.45) is 5.73 Å². The summed E-state index contributed by atoms with van der Waals surface area (Å²) in [6, 6.07) is 2.22. The van der Waals surface area contributed by atoms with Crippen LogP contribution in [-0.4, -0.2) is 53.5 Å². The smallest absolute Gasteiger partial charge is 0.217 e. The van der Waals surface area contributed by atoms with Gasteiger partial charge >= 0.3 is 0 Å². The zero-order valence-electron chi connectivity index (χ0n) is 16.9. The van der Waals surface area contributed by atoms with E-state index < -0.39 is 0 Å². The number of halogens is 1. The predicted octanol–water partition coefficient (Wildman–Crippen LogP) is 2.85. The van der Waals surface area contributed by atoms with Gasteiger partial charge in [-0.15, -0.1) is 12.4 Å². The molecule has 0 spiro atoms. The highest BCUT2D eigenvalue weighted by Gasteiger charge is 2.27. The fraction of sp³-hybridized carbons (Fsp3) is 0.750. The molecule has 2 heterocycles. The van der Waals surface area contributed by atoms with Gasteiger partial charge in [0.15, 0.2) is 0 Å².